The molecule has 0 radical (unpaired) electrons. The molecule has 1 aliphatic rings. The second-order valence-corrected chi connectivity index (χ2v) is 5.04. The second kappa shape index (κ2) is 4.14. The van der Waals surface area contributed by atoms with Crippen LogP contribution in [0.4, 0.5) is 0 Å². The largest absolute Gasteiger partial charge is 0.480 e. The summed E-state index contributed by atoms with van der Waals surface area (Å²) >= 11 is 0. The Morgan fingerprint density at radius 2 is 2.35 bits per heavy atom. The van der Waals surface area contributed by atoms with Crippen molar-refractivity contribution in [2.75, 3.05) is 7.05 Å². The van der Waals surface area contributed by atoms with Crippen LogP contribution < -0.4 is 0 Å². The molecule has 1 atom stereocenters. The summed E-state index contributed by atoms with van der Waals surface area (Å²) in [5.41, 5.74) is -0.772. The van der Waals surface area contributed by atoms with Gasteiger partial charge < -0.3 is 9.67 Å². The first kappa shape index (κ1) is 12.1. The molecule has 0 spiro atoms. The topological polar surface area (TPSA) is 58.4 Å². The highest BCUT2D eigenvalue weighted by atomic mass is 16.4. The first-order chi connectivity index (χ1) is 7.96. The standard InChI is InChI=1S/C12H19N3O2/c1-12(11(16)17,9-4-5-9)15(3)8-10-13-6-7-14(10)2/h6-7,9H,4-5,8H2,1-3H3,(H,16,17). The third-order valence-corrected chi connectivity index (χ3v) is 3.90. The number of hydrogen-bond acceptors (Lipinski definition) is 3. The SMILES string of the molecule is CN(Cc1nccn1C)C(C)(C(=O)O)C1CC1. The summed E-state index contributed by atoms with van der Waals surface area (Å²) in [6.45, 7) is 2.37. The van der Waals surface area contributed by atoms with Gasteiger partial charge in [-0.2, -0.15) is 0 Å². The molecule has 0 aromatic carbocycles. The van der Waals surface area contributed by atoms with Crippen LogP contribution in [0, 0.1) is 5.92 Å². The number of aliphatic carboxylic acids is 1. The Bertz CT molecular complexity index is 425. The maximum Gasteiger partial charge on any atom is 0.324 e. The number of nitrogens with zero attached hydrogens (tertiary/aromatic N) is 3. The van der Waals surface area contributed by atoms with Crippen LogP contribution in [0.2, 0.25) is 0 Å². The summed E-state index contributed by atoms with van der Waals surface area (Å²) in [6, 6.07) is 0. The number of likely N-dealkylation sites (N-methyl/N-ethyl adjacent to an activating group) is 1. The van der Waals surface area contributed by atoms with E-state index in [1.54, 1.807) is 6.20 Å². The molecule has 0 bridgehead atoms. The van der Waals surface area contributed by atoms with Gasteiger partial charge in [0.15, 0.2) is 0 Å². The van der Waals surface area contributed by atoms with Crippen LogP contribution in [0.25, 0.3) is 0 Å². The second-order valence-electron chi connectivity index (χ2n) is 5.04. The predicted octanol–water partition coefficient (Wildman–Crippen LogP) is 1.11. The first-order valence-corrected chi connectivity index (χ1v) is 5.87. The van der Waals surface area contributed by atoms with Crippen LogP contribution in [-0.2, 0) is 18.4 Å². The fraction of sp³-hybridized carbons (Fsp3) is 0.667. The Morgan fingerprint density at radius 3 is 2.76 bits per heavy atom. The van der Waals surface area contributed by atoms with E-state index < -0.39 is 11.5 Å². The molecule has 0 saturated heterocycles. The maximum absolute atomic E-state index is 11.5. The number of rotatable bonds is 5. The van der Waals surface area contributed by atoms with Gasteiger partial charge >= 0.3 is 5.97 Å². The van der Waals surface area contributed by atoms with E-state index in [9.17, 15) is 9.90 Å². The van der Waals surface area contributed by atoms with E-state index in [1.165, 1.54) is 0 Å². The Hall–Kier alpha value is -1.36. The van der Waals surface area contributed by atoms with Crippen LogP contribution in [-0.4, -0.2) is 38.1 Å². The van der Waals surface area contributed by atoms with Crippen molar-refractivity contribution < 1.29 is 9.90 Å². The number of carboxylic acids is 1. The lowest BCUT2D eigenvalue weighted by Gasteiger charge is -2.35. The van der Waals surface area contributed by atoms with E-state index in [2.05, 4.69) is 4.98 Å². The van der Waals surface area contributed by atoms with E-state index in [0.717, 1.165) is 18.7 Å². The van der Waals surface area contributed by atoms with Crippen molar-refractivity contribution in [3.05, 3.63) is 18.2 Å². The van der Waals surface area contributed by atoms with Crippen molar-refractivity contribution >= 4 is 5.97 Å². The van der Waals surface area contributed by atoms with Crippen molar-refractivity contribution in [2.45, 2.75) is 31.8 Å². The Balaban J connectivity index is 2.15. The molecule has 1 N–H and O–H groups in total. The number of imidazole rings is 1. The van der Waals surface area contributed by atoms with Crippen LogP contribution >= 0.6 is 0 Å². The number of aryl methyl sites for hydroxylation is 1. The van der Waals surface area contributed by atoms with Gasteiger partial charge in [0.2, 0.25) is 0 Å². The summed E-state index contributed by atoms with van der Waals surface area (Å²) in [7, 11) is 3.78. The van der Waals surface area contributed by atoms with Gasteiger partial charge in [-0.1, -0.05) is 0 Å². The Labute approximate surface area is 101 Å². The lowest BCUT2D eigenvalue weighted by atomic mass is 9.94. The maximum atomic E-state index is 11.5. The number of carboxylic acid groups (broad SMARTS) is 1. The zero-order valence-electron chi connectivity index (χ0n) is 10.6. The van der Waals surface area contributed by atoms with Crippen molar-refractivity contribution in [1.82, 2.24) is 14.5 Å². The molecule has 1 aromatic rings. The van der Waals surface area contributed by atoms with E-state index in [-0.39, 0.29) is 5.92 Å². The third-order valence-electron chi connectivity index (χ3n) is 3.90. The molecular formula is C12H19N3O2. The lowest BCUT2D eigenvalue weighted by Crippen LogP contribution is -2.52. The van der Waals surface area contributed by atoms with Crippen molar-refractivity contribution in [2.24, 2.45) is 13.0 Å². The van der Waals surface area contributed by atoms with Gasteiger partial charge in [-0.15, -0.1) is 0 Å². The molecule has 1 aliphatic carbocycles. The Morgan fingerprint density at radius 1 is 1.71 bits per heavy atom. The van der Waals surface area contributed by atoms with Gasteiger partial charge in [0.05, 0.1) is 6.54 Å². The molecule has 5 nitrogen and oxygen atoms in total. The molecule has 1 aromatic heterocycles. The van der Waals surface area contributed by atoms with Gasteiger partial charge in [-0.05, 0) is 32.7 Å². The summed E-state index contributed by atoms with van der Waals surface area (Å²) < 4.78 is 1.92. The summed E-state index contributed by atoms with van der Waals surface area (Å²) in [6.07, 6.45) is 5.62. The minimum absolute atomic E-state index is 0.269. The first-order valence-electron chi connectivity index (χ1n) is 5.87. The molecule has 1 unspecified atom stereocenters. The van der Waals surface area contributed by atoms with Crippen LogP contribution in [0.15, 0.2) is 12.4 Å². The monoisotopic (exact) mass is 237 g/mol. The molecular weight excluding hydrogens is 218 g/mol. The number of aromatic nitrogens is 2. The van der Waals surface area contributed by atoms with Gasteiger partial charge in [-0.25, -0.2) is 4.98 Å². The third kappa shape index (κ3) is 2.07. The van der Waals surface area contributed by atoms with E-state index >= 15 is 0 Å². The van der Waals surface area contributed by atoms with Crippen molar-refractivity contribution in [3.8, 4) is 0 Å². The van der Waals surface area contributed by atoms with Crippen LogP contribution in [0.5, 0.6) is 0 Å². The minimum atomic E-state index is -0.772. The summed E-state index contributed by atoms with van der Waals surface area (Å²) in [5, 5.41) is 9.44. The van der Waals surface area contributed by atoms with E-state index in [0.29, 0.717) is 6.54 Å². The smallest absolute Gasteiger partial charge is 0.324 e. The molecule has 17 heavy (non-hydrogen) atoms. The fourth-order valence-corrected chi connectivity index (χ4v) is 2.22. The predicted molar refractivity (Wildman–Crippen MR) is 63.4 cm³/mol. The lowest BCUT2D eigenvalue weighted by molar-refractivity contribution is -0.151. The van der Waals surface area contributed by atoms with Gasteiger partial charge in [0.25, 0.3) is 0 Å². The highest BCUT2D eigenvalue weighted by Crippen LogP contribution is 2.43. The van der Waals surface area contributed by atoms with Crippen LogP contribution in [0.1, 0.15) is 25.6 Å². The zero-order valence-corrected chi connectivity index (χ0v) is 10.6. The highest BCUT2D eigenvalue weighted by molar-refractivity contribution is 5.79. The molecule has 0 aliphatic heterocycles. The fourth-order valence-electron chi connectivity index (χ4n) is 2.22. The van der Waals surface area contributed by atoms with E-state index in [4.69, 9.17) is 0 Å². The zero-order chi connectivity index (χ0) is 12.6. The molecule has 1 heterocycles. The minimum Gasteiger partial charge on any atom is -0.480 e. The number of carbonyl (C=O) groups is 1. The van der Waals surface area contributed by atoms with E-state index in [1.807, 2.05) is 36.7 Å². The van der Waals surface area contributed by atoms with Gasteiger partial charge in [-0.3, -0.25) is 9.69 Å². The van der Waals surface area contributed by atoms with Crippen molar-refractivity contribution in [1.29, 1.82) is 0 Å². The normalized spacial score (nSPS) is 19.3. The molecule has 1 saturated carbocycles. The quantitative estimate of drug-likeness (QED) is 0.833. The average Bonchev–Trinajstić information content (AvgIpc) is 3.04. The van der Waals surface area contributed by atoms with Gasteiger partial charge in [0, 0.05) is 19.4 Å². The average molecular weight is 237 g/mol. The summed E-state index contributed by atoms with van der Waals surface area (Å²) in [5.74, 6) is 0.419. The molecule has 2 rings (SSSR count). The highest BCUT2D eigenvalue weighted by Gasteiger charge is 2.50. The molecule has 1 fully saturated rings. The molecule has 94 valence electrons. The van der Waals surface area contributed by atoms with Crippen LogP contribution in [0.3, 0.4) is 0 Å². The molecule has 0 amide bonds. The van der Waals surface area contributed by atoms with Gasteiger partial charge in [0.1, 0.15) is 11.4 Å². The molecule has 5 heteroatoms. The Kier molecular flexibility index (Phi) is 2.95. The van der Waals surface area contributed by atoms with Crippen molar-refractivity contribution in [3.63, 3.8) is 0 Å². The summed E-state index contributed by atoms with van der Waals surface area (Å²) in [4.78, 5) is 17.6. The number of hydrogen-bond donors (Lipinski definition) is 1.